The van der Waals surface area contributed by atoms with Crippen molar-refractivity contribution in [1.82, 2.24) is 14.5 Å². The van der Waals surface area contributed by atoms with Crippen LogP contribution in [0.25, 0.3) is 6.08 Å². The molecule has 11 nitrogen and oxygen atoms in total. The maximum atomic E-state index is 12.4. The molecular formula is C18H24N4O7. The van der Waals surface area contributed by atoms with E-state index in [9.17, 15) is 24.6 Å². The Morgan fingerprint density at radius 2 is 2.21 bits per heavy atom. The molecule has 1 aromatic rings. The number of carbonyl (C=O) groups excluding carboxylic acids is 2. The van der Waals surface area contributed by atoms with Crippen LogP contribution >= 0.6 is 0 Å². The molecule has 3 N–H and O–H groups in total. The molecule has 1 aromatic heterocycles. The Balaban J connectivity index is 1.66. The second-order valence-corrected chi connectivity index (χ2v) is 6.90. The lowest BCUT2D eigenvalue weighted by molar-refractivity contribution is -0.128. The zero-order chi connectivity index (χ0) is 21.1. The Hall–Kier alpha value is -2.76. The van der Waals surface area contributed by atoms with Gasteiger partial charge in [-0.25, -0.2) is 9.59 Å². The van der Waals surface area contributed by atoms with Gasteiger partial charge in [0.15, 0.2) is 6.23 Å². The van der Waals surface area contributed by atoms with Crippen LogP contribution in [0.1, 0.15) is 31.6 Å². The predicted molar refractivity (Wildman–Crippen MR) is 101 cm³/mol. The summed E-state index contributed by atoms with van der Waals surface area (Å²) >= 11 is 0. The summed E-state index contributed by atoms with van der Waals surface area (Å²) in [6.45, 7) is 6.15. The van der Waals surface area contributed by atoms with Crippen LogP contribution in [0, 0.1) is 0 Å². The summed E-state index contributed by atoms with van der Waals surface area (Å²) in [6.07, 6.45) is -1.07. The minimum Gasteiger partial charge on any atom is -0.447 e. The summed E-state index contributed by atoms with van der Waals surface area (Å²) in [4.78, 5) is 41.3. The number of likely N-dealkylation sites (tertiary alicyclic amines) is 1. The van der Waals surface area contributed by atoms with Crippen molar-refractivity contribution in [2.75, 3.05) is 25.0 Å². The lowest BCUT2D eigenvalue weighted by Crippen LogP contribution is -2.36. The molecule has 3 rings (SSSR count). The minimum atomic E-state index is -1.31. The SMILES string of the molecule is C=Cc1cn([C@@H]2O[C@H](C)[C@@H](O)[C@H]2O)c(=O)nc1NC(=O)OCCN1CCCC1=O. The van der Waals surface area contributed by atoms with Gasteiger partial charge in [-0.3, -0.25) is 14.7 Å². The molecule has 2 aliphatic heterocycles. The van der Waals surface area contributed by atoms with Crippen LogP contribution in [-0.2, 0) is 14.3 Å². The topological polar surface area (TPSA) is 143 Å². The summed E-state index contributed by atoms with van der Waals surface area (Å²) < 4.78 is 11.5. The van der Waals surface area contributed by atoms with Crippen molar-refractivity contribution in [3.05, 3.63) is 28.8 Å². The highest BCUT2D eigenvalue weighted by Gasteiger charge is 2.42. The third kappa shape index (κ3) is 4.47. The van der Waals surface area contributed by atoms with E-state index in [1.165, 1.54) is 12.3 Å². The van der Waals surface area contributed by atoms with Crippen molar-refractivity contribution in [1.29, 1.82) is 0 Å². The van der Waals surface area contributed by atoms with Crippen molar-refractivity contribution in [3.63, 3.8) is 0 Å². The fraction of sp³-hybridized carbons (Fsp3) is 0.556. The third-order valence-corrected chi connectivity index (χ3v) is 4.94. The van der Waals surface area contributed by atoms with Gasteiger partial charge in [0.05, 0.1) is 12.6 Å². The molecule has 0 radical (unpaired) electrons. The van der Waals surface area contributed by atoms with Crippen molar-refractivity contribution in [2.45, 2.75) is 44.3 Å². The molecule has 29 heavy (non-hydrogen) atoms. The van der Waals surface area contributed by atoms with Crippen LogP contribution in [0.2, 0.25) is 0 Å². The normalized spacial score (nSPS) is 26.6. The number of nitrogens with one attached hydrogen (secondary N) is 1. The van der Waals surface area contributed by atoms with Gasteiger partial charge in [0.1, 0.15) is 24.6 Å². The van der Waals surface area contributed by atoms with E-state index >= 15 is 0 Å². The van der Waals surface area contributed by atoms with Crippen LogP contribution in [-0.4, -0.2) is 74.7 Å². The monoisotopic (exact) mass is 408 g/mol. The smallest absolute Gasteiger partial charge is 0.412 e. The molecule has 0 saturated carbocycles. The fourth-order valence-corrected chi connectivity index (χ4v) is 3.30. The van der Waals surface area contributed by atoms with Crippen LogP contribution in [0.15, 0.2) is 17.6 Å². The first-order valence-corrected chi connectivity index (χ1v) is 9.30. The number of anilines is 1. The molecule has 0 spiro atoms. The summed E-state index contributed by atoms with van der Waals surface area (Å²) in [7, 11) is 0. The lowest BCUT2D eigenvalue weighted by atomic mass is 10.1. The van der Waals surface area contributed by atoms with Gasteiger partial charge >= 0.3 is 11.8 Å². The molecule has 2 saturated heterocycles. The number of aliphatic hydroxyl groups excluding tert-OH is 2. The number of amides is 2. The van der Waals surface area contributed by atoms with Gasteiger partial charge in [-0.15, -0.1) is 0 Å². The number of carbonyl (C=O) groups is 2. The molecule has 158 valence electrons. The van der Waals surface area contributed by atoms with Gasteiger partial charge in [0.25, 0.3) is 0 Å². The minimum absolute atomic E-state index is 0.00987. The van der Waals surface area contributed by atoms with E-state index in [2.05, 4.69) is 16.9 Å². The largest absolute Gasteiger partial charge is 0.447 e. The Bertz CT molecular complexity index is 855. The second-order valence-electron chi connectivity index (χ2n) is 6.90. The molecule has 2 fully saturated rings. The van der Waals surface area contributed by atoms with Crippen LogP contribution < -0.4 is 11.0 Å². The van der Waals surface area contributed by atoms with Crippen LogP contribution in [0.5, 0.6) is 0 Å². The summed E-state index contributed by atoms with van der Waals surface area (Å²) in [5, 5.41) is 22.3. The highest BCUT2D eigenvalue weighted by molar-refractivity contribution is 5.86. The van der Waals surface area contributed by atoms with Crippen molar-refractivity contribution in [2.24, 2.45) is 0 Å². The summed E-state index contributed by atoms with van der Waals surface area (Å²) in [6, 6.07) is 0. The molecule has 2 amide bonds. The maximum absolute atomic E-state index is 12.4. The van der Waals surface area contributed by atoms with Gasteiger partial charge in [-0.1, -0.05) is 12.7 Å². The molecule has 0 unspecified atom stereocenters. The van der Waals surface area contributed by atoms with E-state index in [1.807, 2.05) is 0 Å². The highest BCUT2D eigenvalue weighted by atomic mass is 16.6. The number of nitrogens with zero attached hydrogens (tertiary/aromatic N) is 3. The Kier molecular flexibility index (Phi) is 6.30. The van der Waals surface area contributed by atoms with E-state index in [0.29, 0.717) is 25.1 Å². The zero-order valence-corrected chi connectivity index (χ0v) is 16.0. The van der Waals surface area contributed by atoms with Crippen molar-refractivity contribution in [3.8, 4) is 0 Å². The predicted octanol–water partition coefficient (Wildman–Crippen LogP) is -0.304. The number of aliphatic hydroxyl groups is 2. The van der Waals surface area contributed by atoms with Gasteiger partial charge < -0.3 is 24.6 Å². The van der Waals surface area contributed by atoms with E-state index in [0.717, 1.165) is 11.0 Å². The number of rotatable bonds is 6. The fourth-order valence-electron chi connectivity index (χ4n) is 3.30. The molecule has 11 heteroatoms. The number of hydrogen-bond acceptors (Lipinski definition) is 8. The first kappa shape index (κ1) is 21.0. The van der Waals surface area contributed by atoms with Crippen LogP contribution in [0.4, 0.5) is 10.6 Å². The Morgan fingerprint density at radius 3 is 2.79 bits per heavy atom. The number of hydrogen-bond donors (Lipinski definition) is 3. The lowest BCUT2D eigenvalue weighted by Gasteiger charge is -2.19. The maximum Gasteiger partial charge on any atom is 0.412 e. The summed E-state index contributed by atoms with van der Waals surface area (Å²) in [5.41, 5.74) is -0.500. The zero-order valence-electron chi connectivity index (χ0n) is 16.0. The molecule has 0 aliphatic carbocycles. The van der Waals surface area contributed by atoms with Gasteiger partial charge in [-0.05, 0) is 13.3 Å². The number of aromatic nitrogens is 2. The molecule has 2 aliphatic rings. The second kappa shape index (κ2) is 8.72. The molecule has 3 heterocycles. The van der Waals surface area contributed by atoms with Gasteiger partial charge in [-0.2, -0.15) is 4.98 Å². The average Bonchev–Trinajstić information content (AvgIpc) is 3.20. The van der Waals surface area contributed by atoms with E-state index in [-0.39, 0.29) is 18.3 Å². The first-order valence-electron chi connectivity index (χ1n) is 9.30. The van der Waals surface area contributed by atoms with Crippen molar-refractivity contribution < 1.29 is 29.3 Å². The third-order valence-electron chi connectivity index (χ3n) is 4.94. The molecular weight excluding hydrogens is 384 g/mol. The first-order chi connectivity index (χ1) is 13.8. The van der Waals surface area contributed by atoms with E-state index in [1.54, 1.807) is 11.8 Å². The molecule has 0 aromatic carbocycles. The van der Waals surface area contributed by atoms with E-state index < -0.39 is 36.3 Å². The van der Waals surface area contributed by atoms with E-state index in [4.69, 9.17) is 9.47 Å². The Morgan fingerprint density at radius 1 is 1.45 bits per heavy atom. The molecule has 4 atom stereocenters. The van der Waals surface area contributed by atoms with Gasteiger partial charge in [0, 0.05) is 24.7 Å². The number of ether oxygens (including phenoxy) is 2. The Labute approximate surface area is 166 Å². The van der Waals surface area contributed by atoms with Crippen LogP contribution in [0.3, 0.4) is 0 Å². The quantitative estimate of drug-likeness (QED) is 0.582. The standard InChI is InChI=1S/C18H24N4O7/c1-3-11-9-22(16-14(25)13(24)10(2)29-16)17(26)19-15(11)20-18(27)28-8-7-21-6-4-5-12(21)23/h3,9-10,13-14,16,24-25H,1,4-8H2,2H3,(H,19,20,26,27)/t10-,13-,14-,16-/m1/s1. The van der Waals surface area contributed by atoms with Crippen molar-refractivity contribution >= 4 is 23.9 Å². The molecule has 0 bridgehead atoms. The highest BCUT2D eigenvalue weighted by Crippen LogP contribution is 2.28. The summed E-state index contributed by atoms with van der Waals surface area (Å²) in [5.74, 6) is -0.0337. The van der Waals surface area contributed by atoms with Gasteiger partial charge in [0.2, 0.25) is 5.91 Å². The average molecular weight is 408 g/mol.